The van der Waals surface area contributed by atoms with Crippen molar-refractivity contribution < 1.29 is 14.2 Å². The largest absolute Gasteiger partial charge is 0.491 e. The summed E-state index contributed by atoms with van der Waals surface area (Å²) in [5.74, 6) is -0.347. The van der Waals surface area contributed by atoms with E-state index >= 15 is 0 Å². The van der Waals surface area contributed by atoms with Gasteiger partial charge in [-0.1, -0.05) is 44.5 Å². The highest BCUT2D eigenvalue weighted by molar-refractivity contribution is 7.27. The van der Waals surface area contributed by atoms with E-state index < -0.39 is 5.79 Å². The van der Waals surface area contributed by atoms with E-state index in [9.17, 15) is 4.79 Å². The summed E-state index contributed by atoms with van der Waals surface area (Å²) in [5, 5.41) is 10.1. The highest BCUT2D eigenvalue weighted by Crippen LogP contribution is 2.39. The third-order valence-electron chi connectivity index (χ3n) is 9.24. The lowest BCUT2D eigenvalue weighted by atomic mass is 10.1. The van der Waals surface area contributed by atoms with Crippen LogP contribution in [-0.4, -0.2) is 74.6 Å². The van der Waals surface area contributed by atoms with Crippen LogP contribution in [0.5, 0.6) is 5.75 Å². The molecule has 0 N–H and O–H groups in total. The fourth-order valence-corrected chi connectivity index (χ4v) is 6.99. The van der Waals surface area contributed by atoms with Gasteiger partial charge in [-0.05, 0) is 73.2 Å². The minimum Gasteiger partial charge on any atom is -0.491 e. The molecule has 2 aliphatic heterocycles. The van der Waals surface area contributed by atoms with Gasteiger partial charge in [0.05, 0.1) is 12.3 Å². The molecule has 5 aromatic rings. The molecular weight excluding hydrogens is 687 g/mol. The minimum atomic E-state index is -1.11. The molecule has 270 valence electrons. The molecule has 14 heteroatoms. The SMILES string of the molecule is CC.CCC(C)n1cnn(-c2ccc(N3CCN(c4ccc(OCC5COC(Cn6cncn6)(c6ccc(P)cc6Cl)O5)cc4)CC3)cc2)c1=O. The molecular formula is C37H46ClN8O4P. The zero-order chi connectivity index (χ0) is 36.0. The zero-order valence-electron chi connectivity index (χ0n) is 29.6. The molecule has 2 saturated heterocycles. The average molecular weight is 733 g/mol. The smallest absolute Gasteiger partial charge is 0.350 e. The lowest BCUT2D eigenvalue weighted by Crippen LogP contribution is -2.46. The normalized spacial score (nSPS) is 19.5. The van der Waals surface area contributed by atoms with Crippen LogP contribution in [-0.2, 0) is 21.8 Å². The second-order valence-electron chi connectivity index (χ2n) is 12.4. The lowest BCUT2D eigenvalue weighted by Gasteiger charge is -2.37. The molecule has 3 aromatic carbocycles. The Balaban J connectivity index is 0.00000220. The van der Waals surface area contributed by atoms with E-state index in [1.54, 1.807) is 21.9 Å². The van der Waals surface area contributed by atoms with Gasteiger partial charge in [0.25, 0.3) is 0 Å². The van der Waals surface area contributed by atoms with E-state index in [-0.39, 0.29) is 17.8 Å². The van der Waals surface area contributed by atoms with Crippen LogP contribution in [0.1, 0.15) is 45.7 Å². The third kappa shape index (κ3) is 8.15. The highest BCUT2D eigenvalue weighted by Gasteiger charge is 2.45. The van der Waals surface area contributed by atoms with Gasteiger partial charge in [0.2, 0.25) is 5.79 Å². The summed E-state index contributed by atoms with van der Waals surface area (Å²) in [6.07, 6.45) is 5.30. The Labute approximate surface area is 306 Å². The molecule has 12 nitrogen and oxygen atoms in total. The van der Waals surface area contributed by atoms with Gasteiger partial charge in [-0.25, -0.2) is 14.5 Å². The molecule has 0 radical (unpaired) electrons. The first-order valence-electron chi connectivity index (χ1n) is 17.5. The summed E-state index contributed by atoms with van der Waals surface area (Å²) in [6.45, 7) is 12.6. The van der Waals surface area contributed by atoms with Crippen LogP contribution in [0.3, 0.4) is 0 Å². The summed E-state index contributed by atoms with van der Waals surface area (Å²) in [6, 6.07) is 22.1. The first-order chi connectivity index (χ1) is 24.8. The fourth-order valence-electron chi connectivity index (χ4n) is 6.29. The number of benzene rings is 3. The summed E-state index contributed by atoms with van der Waals surface area (Å²) in [7, 11) is 2.65. The summed E-state index contributed by atoms with van der Waals surface area (Å²) in [5.41, 5.74) is 3.68. The summed E-state index contributed by atoms with van der Waals surface area (Å²) in [4.78, 5) is 21.6. The number of anilines is 2. The number of piperazine rings is 1. The van der Waals surface area contributed by atoms with Gasteiger partial charge in [0.1, 0.15) is 44.0 Å². The van der Waals surface area contributed by atoms with Crippen LogP contribution < -0.4 is 25.5 Å². The Morgan fingerprint density at radius 2 is 1.59 bits per heavy atom. The second kappa shape index (κ2) is 16.4. The van der Waals surface area contributed by atoms with Crippen molar-refractivity contribution in [1.29, 1.82) is 0 Å². The van der Waals surface area contributed by atoms with Gasteiger partial charge in [0, 0.05) is 54.2 Å². The lowest BCUT2D eigenvalue weighted by molar-refractivity contribution is -0.190. The Kier molecular flexibility index (Phi) is 11.8. The van der Waals surface area contributed by atoms with Gasteiger partial charge >= 0.3 is 5.69 Å². The van der Waals surface area contributed by atoms with E-state index in [0.29, 0.717) is 24.8 Å². The van der Waals surface area contributed by atoms with Crippen LogP contribution in [0.2, 0.25) is 5.02 Å². The van der Waals surface area contributed by atoms with Crippen LogP contribution in [0.4, 0.5) is 11.4 Å². The molecule has 7 rings (SSSR count). The van der Waals surface area contributed by atoms with E-state index in [0.717, 1.165) is 66.3 Å². The van der Waals surface area contributed by atoms with E-state index in [4.69, 9.17) is 25.8 Å². The fraction of sp³-hybridized carbons (Fsp3) is 0.405. The molecule has 0 bridgehead atoms. The van der Waals surface area contributed by atoms with Gasteiger partial charge < -0.3 is 24.0 Å². The summed E-state index contributed by atoms with van der Waals surface area (Å²) >= 11 is 6.65. The van der Waals surface area contributed by atoms with Crippen molar-refractivity contribution in [2.24, 2.45) is 0 Å². The van der Waals surface area contributed by atoms with E-state index in [1.807, 2.05) is 63.2 Å². The Hall–Kier alpha value is -4.22. The molecule has 0 spiro atoms. The first-order valence-corrected chi connectivity index (χ1v) is 18.5. The van der Waals surface area contributed by atoms with Gasteiger partial charge in [-0.2, -0.15) is 14.9 Å². The Bertz CT molecular complexity index is 1910. The number of rotatable bonds is 11. The molecule has 4 unspecified atom stereocenters. The van der Waals surface area contributed by atoms with Crippen LogP contribution in [0, 0.1) is 0 Å². The number of hydrogen-bond donors (Lipinski definition) is 0. The first kappa shape index (κ1) is 36.6. The van der Waals surface area contributed by atoms with Crippen molar-refractivity contribution in [3.05, 3.63) is 107 Å². The third-order valence-corrected chi connectivity index (χ3v) is 9.91. The maximum absolute atomic E-state index is 12.8. The number of halogens is 1. The molecule has 0 amide bonds. The van der Waals surface area contributed by atoms with Crippen LogP contribution >= 0.6 is 20.8 Å². The number of aromatic nitrogens is 6. The van der Waals surface area contributed by atoms with Crippen molar-refractivity contribution in [2.75, 3.05) is 49.2 Å². The summed E-state index contributed by atoms with van der Waals surface area (Å²) < 4.78 is 23.8. The monoisotopic (exact) mass is 732 g/mol. The number of hydrogen-bond acceptors (Lipinski definition) is 9. The van der Waals surface area contributed by atoms with Crippen LogP contribution in [0.25, 0.3) is 5.69 Å². The number of nitrogens with zero attached hydrogens (tertiary/aromatic N) is 8. The molecule has 2 fully saturated rings. The maximum Gasteiger partial charge on any atom is 0.350 e. The molecule has 2 aliphatic rings. The van der Waals surface area contributed by atoms with Crippen molar-refractivity contribution in [3.63, 3.8) is 0 Å². The Morgan fingerprint density at radius 1 is 0.941 bits per heavy atom. The second-order valence-corrected chi connectivity index (χ2v) is 13.5. The van der Waals surface area contributed by atoms with Crippen molar-refractivity contribution in [3.8, 4) is 11.4 Å². The van der Waals surface area contributed by atoms with E-state index in [2.05, 4.69) is 65.4 Å². The van der Waals surface area contributed by atoms with Gasteiger partial charge in [0.15, 0.2) is 0 Å². The predicted octanol–water partition coefficient (Wildman–Crippen LogP) is 5.45. The van der Waals surface area contributed by atoms with Gasteiger partial charge in [-0.15, -0.1) is 9.24 Å². The molecule has 2 aromatic heterocycles. The van der Waals surface area contributed by atoms with E-state index in [1.165, 1.54) is 11.0 Å². The van der Waals surface area contributed by atoms with Crippen molar-refractivity contribution in [2.45, 2.75) is 58.6 Å². The number of ether oxygens (including phenoxy) is 3. The molecule has 4 atom stereocenters. The maximum atomic E-state index is 12.8. The highest BCUT2D eigenvalue weighted by atomic mass is 35.5. The molecule has 51 heavy (non-hydrogen) atoms. The quantitative estimate of drug-likeness (QED) is 0.164. The molecule has 0 aliphatic carbocycles. The zero-order valence-corrected chi connectivity index (χ0v) is 31.5. The predicted molar refractivity (Wildman–Crippen MR) is 204 cm³/mol. The average Bonchev–Trinajstić information content (AvgIpc) is 3.93. The van der Waals surface area contributed by atoms with Crippen molar-refractivity contribution >= 4 is 37.5 Å². The topological polar surface area (TPSA) is 105 Å². The standard InChI is InChI=1S/C35H40ClN8O4P.C2H6/c1-3-25(2)43-24-39-44(34(43)45)28-6-4-26(5-7-28)40-14-16-41(17-15-40)27-8-10-29(11-9-27)46-19-30-20-47-35(48-30,21-42-23-37-22-38-42)32-13-12-31(49)18-33(32)36;1-2/h4-13,18,22-25,30H,3,14-17,19-21,49H2,1-2H3;1-2H3. The van der Waals surface area contributed by atoms with Gasteiger partial charge in [-0.3, -0.25) is 4.57 Å². The molecule has 0 saturated carbocycles. The minimum absolute atomic E-state index is 0.114. The van der Waals surface area contributed by atoms with Crippen molar-refractivity contribution in [1.82, 2.24) is 29.1 Å². The Morgan fingerprint density at radius 3 is 2.20 bits per heavy atom. The molecule has 4 heterocycles. The van der Waals surface area contributed by atoms with Crippen LogP contribution in [0.15, 0.2) is 90.5 Å².